The highest BCUT2D eigenvalue weighted by atomic mass is 79.9. The third kappa shape index (κ3) is 6.47. The minimum atomic E-state index is -0.822. The van der Waals surface area contributed by atoms with Gasteiger partial charge in [-0.1, -0.05) is 60.1 Å². The summed E-state index contributed by atoms with van der Waals surface area (Å²) in [6.45, 7) is 4.86. The maximum Gasteiger partial charge on any atom is 0.335 e. The number of benzene rings is 3. The van der Waals surface area contributed by atoms with Crippen molar-refractivity contribution in [3.8, 4) is 11.5 Å². The normalized spacial score (nSPS) is 14.8. The van der Waals surface area contributed by atoms with E-state index in [-0.39, 0.29) is 11.5 Å². The van der Waals surface area contributed by atoms with Gasteiger partial charge in [-0.15, -0.1) is 0 Å². The van der Waals surface area contributed by atoms with Crippen molar-refractivity contribution >= 4 is 61.5 Å². The van der Waals surface area contributed by atoms with Gasteiger partial charge in [0.15, 0.2) is 0 Å². The molecular formula is C28H24Br2N2O5. The van der Waals surface area contributed by atoms with Gasteiger partial charge in [0, 0.05) is 10.0 Å². The molecule has 1 fully saturated rings. The summed E-state index contributed by atoms with van der Waals surface area (Å²) >= 11 is 6.93. The smallest absolute Gasteiger partial charge is 0.335 e. The van der Waals surface area contributed by atoms with Crippen molar-refractivity contribution < 1.29 is 23.9 Å². The van der Waals surface area contributed by atoms with Crippen LogP contribution in [0, 0.1) is 5.92 Å². The Morgan fingerprint density at radius 2 is 1.65 bits per heavy atom. The number of amides is 4. The zero-order chi connectivity index (χ0) is 26.5. The average molecular weight is 628 g/mol. The molecule has 0 aromatic heterocycles. The van der Waals surface area contributed by atoms with Gasteiger partial charge in [-0.2, -0.15) is 0 Å². The number of urea groups is 1. The number of halogens is 2. The predicted octanol–water partition coefficient (Wildman–Crippen LogP) is 6.49. The average Bonchev–Trinajstić information content (AvgIpc) is 2.85. The quantitative estimate of drug-likeness (QED) is 0.228. The van der Waals surface area contributed by atoms with Gasteiger partial charge in [0.05, 0.1) is 16.8 Å². The van der Waals surface area contributed by atoms with E-state index < -0.39 is 17.8 Å². The van der Waals surface area contributed by atoms with Crippen LogP contribution in [0.3, 0.4) is 0 Å². The van der Waals surface area contributed by atoms with E-state index in [9.17, 15) is 14.4 Å². The van der Waals surface area contributed by atoms with Crippen LogP contribution in [-0.4, -0.2) is 24.5 Å². The van der Waals surface area contributed by atoms with Crippen molar-refractivity contribution in [2.45, 2.75) is 20.5 Å². The highest BCUT2D eigenvalue weighted by Gasteiger charge is 2.37. The third-order valence-electron chi connectivity index (χ3n) is 5.34. The number of hydrogen-bond acceptors (Lipinski definition) is 5. The lowest BCUT2D eigenvalue weighted by molar-refractivity contribution is -0.122. The summed E-state index contributed by atoms with van der Waals surface area (Å²) in [5, 5.41) is 2.25. The topological polar surface area (TPSA) is 84.9 Å². The van der Waals surface area contributed by atoms with Crippen LogP contribution in [0.25, 0.3) is 6.08 Å². The monoisotopic (exact) mass is 626 g/mol. The van der Waals surface area contributed by atoms with Crippen molar-refractivity contribution in [1.29, 1.82) is 0 Å². The number of barbiturate groups is 1. The Hall–Kier alpha value is -3.43. The van der Waals surface area contributed by atoms with Gasteiger partial charge < -0.3 is 9.47 Å². The van der Waals surface area contributed by atoms with Crippen LogP contribution >= 0.6 is 31.9 Å². The minimum absolute atomic E-state index is 0.191. The zero-order valence-electron chi connectivity index (χ0n) is 20.2. The van der Waals surface area contributed by atoms with Crippen LogP contribution in [0.1, 0.15) is 25.0 Å². The molecule has 9 heteroatoms. The number of hydrogen-bond donors (Lipinski definition) is 1. The van der Waals surface area contributed by atoms with Crippen molar-refractivity contribution in [1.82, 2.24) is 5.32 Å². The van der Waals surface area contributed by atoms with Crippen LogP contribution in [-0.2, 0) is 16.2 Å². The SMILES string of the molecule is CC(C)COc1c(Br)cc(Br)cc1/C=C1\C(=O)NC(=O)N(c2ccc(OCc3ccccc3)cc2)C1=O. The minimum Gasteiger partial charge on any atom is -0.492 e. The molecule has 0 aliphatic carbocycles. The largest absolute Gasteiger partial charge is 0.492 e. The van der Waals surface area contributed by atoms with E-state index in [1.54, 1.807) is 30.3 Å². The Bertz CT molecular complexity index is 1350. The van der Waals surface area contributed by atoms with Crippen molar-refractivity contribution in [2.75, 3.05) is 11.5 Å². The second-order valence-electron chi connectivity index (χ2n) is 8.74. The molecule has 4 rings (SSSR count). The Labute approximate surface area is 231 Å². The number of carbonyl (C=O) groups is 3. The Balaban J connectivity index is 1.60. The second-order valence-corrected chi connectivity index (χ2v) is 10.5. The van der Waals surface area contributed by atoms with Gasteiger partial charge in [0.25, 0.3) is 11.8 Å². The van der Waals surface area contributed by atoms with Crippen molar-refractivity contribution in [3.05, 3.63) is 92.4 Å². The van der Waals surface area contributed by atoms with Gasteiger partial charge in [-0.05, 0) is 69.9 Å². The van der Waals surface area contributed by atoms with E-state index in [2.05, 4.69) is 37.2 Å². The summed E-state index contributed by atoms with van der Waals surface area (Å²) < 4.78 is 13.1. The predicted molar refractivity (Wildman–Crippen MR) is 148 cm³/mol. The van der Waals surface area contributed by atoms with E-state index in [0.29, 0.717) is 40.4 Å². The fourth-order valence-corrected chi connectivity index (χ4v) is 4.94. The molecule has 1 saturated heterocycles. The van der Waals surface area contributed by atoms with E-state index in [0.717, 1.165) is 14.9 Å². The molecule has 0 radical (unpaired) electrons. The molecule has 190 valence electrons. The fraction of sp³-hybridized carbons (Fsp3) is 0.179. The highest BCUT2D eigenvalue weighted by Crippen LogP contribution is 2.35. The van der Waals surface area contributed by atoms with E-state index in [1.165, 1.54) is 6.08 Å². The Kier molecular flexibility index (Phi) is 8.45. The molecule has 0 bridgehead atoms. The number of ether oxygens (including phenoxy) is 2. The van der Waals surface area contributed by atoms with Crippen molar-refractivity contribution in [3.63, 3.8) is 0 Å². The fourth-order valence-electron chi connectivity index (χ4n) is 3.57. The molecule has 1 heterocycles. The molecule has 1 N–H and O–H groups in total. The molecular weight excluding hydrogens is 604 g/mol. The number of carbonyl (C=O) groups excluding carboxylic acids is 3. The van der Waals surface area contributed by atoms with Crippen LogP contribution < -0.4 is 19.7 Å². The third-order valence-corrected chi connectivity index (χ3v) is 6.39. The molecule has 1 aliphatic heterocycles. The van der Waals surface area contributed by atoms with Crippen LogP contribution in [0.2, 0.25) is 0 Å². The molecule has 3 aromatic rings. The van der Waals surface area contributed by atoms with Crippen LogP contribution in [0.4, 0.5) is 10.5 Å². The van der Waals surface area contributed by atoms with Crippen LogP contribution in [0.5, 0.6) is 11.5 Å². The highest BCUT2D eigenvalue weighted by molar-refractivity contribution is 9.11. The summed E-state index contributed by atoms with van der Waals surface area (Å²) in [7, 11) is 0. The number of nitrogens with one attached hydrogen (secondary N) is 1. The Morgan fingerprint density at radius 1 is 0.946 bits per heavy atom. The molecule has 0 unspecified atom stereocenters. The van der Waals surface area contributed by atoms with E-state index in [1.807, 2.05) is 50.2 Å². The van der Waals surface area contributed by atoms with Gasteiger partial charge in [0.2, 0.25) is 0 Å². The summed E-state index contributed by atoms with van der Waals surface area (Å²) in [6.07, 6.45) is 1.43. The molecule has 3 aromatic carbocycles. The maximum absolute atomic E-state index is 13.4. The van der Waals surface area contributed by atoms with Crippen LogP contribution in [0.15, 0.2) is 81.2 Å². The number of imide groups is 2. The van der Waals surface area contributed by atoms with Gasteiger partial charge in [-0.25, -0.2) is 9.69 Å². The summed E-state index contributed by atoms with van der Waals surface area (Å²) in [5.41, 5.74) is 1.64. The van der Waals surface area contributed by atoms with Gasteiger partial charge in [0.1, 0.15) is 23.7 Å². The first-order valence-electron chi connectivity index (χ1n) is 11.5. The van der Waals surface area contributed by atoms with E-state index in [4.69, 9.17) is 9.47 Å². The molecule has 0 spiro atoms. The molecule has 37 heavy (non-hydrogen) atoms. The lowest BCUT2D eigenvalue weighted by atomic mass is 10.1. The summed E-state index contributed by atoms with van der Waals surface area (Å²) in [6, 6.07) is 19.0. The second kappa shape index (κ2) is 11.7. The van der Waals surface area contributed by atoms with E-state index >= 15 is 0 Å². The first-order chi connectivity index (χ1) is 17.7. The molecule has 4 amide bonds. The standard InChI is InChI=1S/C28H24Br2N2O5/c1-17(2)15-37-25-19(12-20(29)14-24(25)30)13-23-26(33)31-28(35)32(27(23)34)21-8-10-22(11-9-21)36-16-18-6-4-3-5-7-18/h3-14,17H,15-16H2,1-2H3,(H,31,33,35)/b23-13+. The number of anilines is 1. The lowest BCUT2D eigenvalue weighted by Gasteiger charge is -2.26. The number of nitrogens with zero attached hydrogens (tertiary/aromatic N) is 1. The summed E-state index contributed by atoms with van der Waals surface area (Å²) in [4.78, 5) is 39.6. The molecule has 0 saturated carbocycles. The van der Waals surface area contributed by atoms with Crippen molar-refractivity contribution in [2.24, 2.45) is 5.92 Å². The Morgan fingerprint density at radius 3 is 2.32 bits per heavy atom. The van der Waals surface area contributed by atoms with Gasteiger partial charge >= 0.3 is 6.03 Å². The maximum atomic E-state index is 13.4. The first-order valence-corrected chi connectivity index (χ1v) is 13.1. The molecule has 1 aliphatic rings. The molecule has 7 nitrogen and oxygen atoms in total. The summed E-state index contributed by atoms with van der Waals surface area (Å²) in [5.74, 6) is -0.176. The number of rotatable bonds is 8. The zero-order valence-corrected chi connectivity index (χ0v) is 23.3. The first kappa shape index (κ1) is 26.6. The van der Waals surface area contributed by atoms with Gasteiger partial charge in [-0.3, -0.25) is 14.9 Å². The molecule has 0 atom stereocenters. The lowest BCUT2D eigenvalue weighted by Crippen LogP contribution is -2.54.